The molecule has 0 saturated carbocycles. The number of ether oxygens (including phenoxy) is 1. The van der Waals surface area contributed by atoms with Crippen LogP contribution in [0, 0.1) is 6.92 Å². The van der Waals surface area contributed by atoms with Crippen LogP contribution in [0.1, 0.15) is 47.8 Å². The van der Waals surface area contributed by atoms with Gasteiger partial charge in [-0.05, 0) is 44.5 Å². The standard InChI is InChI=1S/C21H28N4O2.ClH/c1-16-4-6-18(7-5-16)27-19-8-12-24(13-9-19)21(26)20-10-14-25(23-20)17-3-2-11-22-15-17;/h4-7,10,14,17,19,22H,2-3,8-9,11-13,15H2,1H3;1H. The molecule has 2 aliphatic rings. The zero-order valence-corrected chi connectivity index (χ0v) is 17.2. The average Bonchev–Trinajstić information content (AvgIpc) is 3.21. The van der Waals surface area contributed by atoms with E-state index in [1.807, 2.05) is 34.0 Å². The molecule has 28 heavy (non-hydrogen) atoms. The van der Waals surface area contributed by atoms with Gasteiger partial charge in [-0.1, -0.05) is 17.7 Å². The first-order chi connectivity index (χ1) is 13.2. The van der Waals surface area contributed by atoms with Gasteiger partial charge in [0.1, 0.15) is 17.5 Å². The number of nitrogens with one attached hydrogen (secondary N) is 1. The van der Waals surface area contributed by atoms with Crippen molar-refractivity contribution in [3.05, 3.63) is 47.8 Å². The van der Waals surface area contributed by atoms with E-state index in [1.54, 1.807) is 0 Å². The lowest BCUT2D eigenvalue weighted by molar-refractivity contribution is 0.0589. The summed E-state index contributed by atoms with van der Waals surface area (Å²) in [5, 5.41) is 7.95. The monoisotopic (exact) mass is 404 g/mol. The lowest BCUT2D eigenvalue weighted by atomic mass is 10.1. The van der Waals surface area contributed by atoms with Crippen LogP contribution >= 0.6 is 12.4 Å². The lowest BCUT2D eigenvalue weighted by Gasteiger charge is -2.31. The van der Waals surface area contributed by atoms with Gasteiger partial charge < -0.3 is 15.0 Å². The minimum atomic E-state index is 0. The third-order valence-corrected chi connectivity index (χ3v) is 5.53. The van der Waals surface area contributed by atoms with Crippen LogP contribution in [0.15, 0.2) is 36.5 Å². The molecule has 1 unspecified atom stereocenters. The summed E-state index contributed by atoms with van der Waals surface area (Å²) in [6.07, 6.45) is 6.09. The predicted octanol–water partition coefficient (Wildman–Crippen LogP) is 3.22. The summed E-state index contributed by atoms with van der Waals surface area (Å²) < 4.78 is 8.01. The molecule has 1 N–H and O–H groups in total. The van der Waals surface area contributed by atoms with E-state index in [1.165, 1.54) is 5.56 Å². The molecule has 7 heteroatoms. The molecule has 1 atom stereocenters. The highest BCUT2D eigenvalue weighted by molar-refractivity contribution is 5.92. The summed E-state index contributed by atoms with van der Waals surface area (Å²) >= 11 is 0. The van der Waals surface area contributed by atoms with Crippen molar-refractivity contribution in [3.8, 4) is 5.75 Å². The fourth-order valence-electron chi connectivity index (χ4n) is 3.86. The van der Waals surface area contributed by atoms with Crippen molar-refractivity contribution in [1.29, 1.82) is 0 Å². The summed E-state index contributed by atoms with van der Waals surface area (Å²) in [7, 11) is 0. The molecule has 152 valence electrons. The van der Waals surface area contributed by atoms with Crippen LogP contribution in [0.5, 0.6) is 5.75 Å². The molecular formula is C21H29ClN4O2. The lowest BCUT2D eigenvalue weighted by Crippen LogP contribution is -2.42. The summed E-state index contributed by atoms with van der Waals surface area (Å²) in [4.78, 5) is 14.7. The van der Waals surface area contributed by atoms with Crippen molar-refractivity contribution in [2.24, 2.45) is 0 Å². The Bertz CT molecular complexity index is 763. The van der Waals surface area contributed by atoms with Gasteiger partial charge in [0.25, 0.3) is 5.91 Å². The quantitative estimate of drug-likeness (QED) is 0.849. The highest BCUT2D eigenvalue weighted by Gasteiger charge is 2.26. The Balaban J connectivity index is 0.00000225. The van der Waals surface area contributed by atoms with Crippen molar-refractivity contribution >= 4 is 18.3 Å². The van der Waals surface area contributed by atoms with Crippen LogP contribution in [-0.4, -0.2) is 52.9 Å². The zero-order chi connectivity index (χ0) is 18.6. The van der Waals surface area contributed by atoms with Gasteiger partial charge in [0.05, 0.1) is 6.04 Å². The molecule has 2 fully saturated rings. The number of benzene rings is 1. The molecule has 4 rings (SSSR count). The van der Waals surface area contributed by atoms with E-state index in [0.717, 1.165) is 44.5 Å². The van der Waals surface area contributed by atoms with E-state index < -0.39 is 0 Å². The predicted molar refractivity (Wildman–Crippen MR) is 111 cm³/mol. The number of halogens is 1. The fraction of sp³-hybridized carbons (Fsp3) is 0.524. The van der Waals surface area contributed by atoms with E-state index in [9.17, 15) is 4.79 Å². The summed E-state index contributed by atoms with van der Waals surface area (Å²) in [5.41, 5.74) is 1.78. The zero-order valence-electron chi connectivity index (χ0n) is 16.3. The summed E-state index contributed by atoms with van der Waals surface area (Å²) in [6.45, 7) is 5.50. The van der Waals surface area contributed by atoms with Crippen LogP contribution in [0.4, 0.5) is 0 Å². The normalized spacial score (nSPS) is 20.5. The number of carbonyl (C=O) groups is 1. The number of rotatable bonds is 4. The number of amides is 1. The second kappa shape index (κ2) is 9.43. The maximum absolute atomic E-state index is 12.8. The number of likely N-dealkylation sites (tertiary alicyclic amines) is 1. The van der Waals surface area contributed by atoms with Gasteiger partial charge in [0, 0.05) is 38.7 Å². The number of aromatic nitrogens is 2. The number of carbonyl (C=O) groups excluding carboxylic acids is 1. The Kier molecular flexibility index (Phi) is 6.97. The Hall–Kier alpha value is -2.05. The topological polar surface area (TPSA) is 59.4 Å². The third kappa shape index (κ3) is 4.86. The molecule has 1 aromatic carbocycles. The van der Waals surface area contributed by atoms with E-state index in [4.69, 9.17) is 4.74 Å². The van der Waals surface area contributed by atoms with Crippen molar-refractivity contribution in [1.82, 2.24) is 20.0 Å². The van der Waals surface area contributed by atoms with E-state index in [2.05, 4.69) is 29.5 Å². The third-order valence-electron chi connectivity index (χ3n) is 5.53. The smallest absolute Gasteiger partial charge is 0.274 e. The van der Waals surface area contributed by atoms with E-state index >= 15 is 0 Å². The minimum absolute atomic E-state index is 0. The van der Waals surface area contributed by atoms with Gasteiger partial charge in [-0.2, -0.15) is 5.10 Å². The SMILES string of the molecule is Cc1ccc(OC2CCN(C(=O)c3ccn(C4CCCNC4)n3)CC2)cc1.Cl. The first kappa shape index (κ1) is 20.7. The van der Waals surface area contributed by atoms with E-state index in [-0.39, 0.29) is 24.4 Å². The molecular weight excluding hydrogens is 376 g/mol. The van der Waals surface area contributed by atoms with Gasteiger partial charge in [-0.15, -0.1) is 12.4 Å². The van der Waals surface area contributed by atoms with Crippen LogP contribution < -0.4 is 10.1 Å². The second-order valence-corrected chi connectivity index (χ2v) is 7.60. The maximum atomic E-state index is 12.8. The number of hydrogen-bond donors (Lipinski definition) is 1. The van der Waals surface area contributed by atoms with Crippen molar-refractivity contribution < 1.29 is 9.53 Å². The van der Waals surface area contributed by atoms with Crippen molar-refractivity contribution in [3.63, 3.8) is 0 Å². The molecule has 0 spiro atoms. The van der Waals surface area contributed by atoms with Crippen molar-refractivity contribution in [2.45, 2.75) is 44.8 Å². The van der Waals surface area contributed by atoms with Crippen molar-refractivity contribution in [2.75, 3.05) is 26.2 Å². The van der Waals surface area contributed by atoms with Crippen LogP contribution in [0.25, 0.3) is 0 Å². The highest BCUT2D eigenvalue weighted by Crippen LogP contribution is 2.21. The molecule has 2 aliphatic heterocycles. The number of piperidine rings is 2. The summed E-state index contributed by atoms with van der Waals surface area (Å²) in [5.74, 6) is 0.941. The minimum Gasteiger partial charge on any atom is -0.490 e. The highest BCUT2D eigenvalue weighted by atomic mass is 35.5. The average molecular weight is 405 g/mol. The Labute approximate surface area is 172 Å². The van der Waals surface area contributed by atoms with Gasteiger partial charge >= 0.3 is 0 Å². The van der Waals surface area contributed by atoms with Gasteiger partial charge in [0.15, 0.2) is 0 Å². The summed E-state index contributed by atoms with van der Waals surface area (Å²) in [6, 6.07) is 10.4. The van der Waals surface area contributed by atoms with Crippen LogP contribution in [0.2, 0.25) is 0 Å². The van der Waals surface area contributed by atoms with E-state index in [0.29, 0.717) is 24.8 Å². The molecule has 2 saturated heterocycles. The van der Waals surface area contributed by atoms with Crippen LogP contribution in [-0.2, 0) is 0 Å². The van der Waals surface area contributed by atoms with Gasteiger partial charge in [0.2, 0.25) is 0 Å². The molecule has 2 aromatic rings. The second-order valence-electron chi connectivity index (χ2n) is 7.60. The molecule has 3 heterocycles. The fourth-order valence-corrected chi connectivity index (χ4v) is 3.86. The first-order valence-electron chi connectivity index (χ1n) is 9.97. The molecule has 6 nitrogen and oxygen atoms in total. The number of aryl methyl sites for hydroxylation is 1. The van der Waals surface area contributed by atoms with Crippen LogP contribution in [0.3, 0.4) is 0 Å². The Morgan fingerprint density at radius 1 is 1.14 bits per heavy atom. The Morgan fingerprint density at radius 2 is 1.89 bits per heavy atom. The first-order valence-corrected chi connectivity index (χ1v) is 9.97. The number of hydrogen-bond acceptors (Lipinski definition) is 4. The molecule has 1 amide bonds. The molecule has 1 aromatic heterocycles. The maximum Gasteiger partial charge on any atom is 0.274 e. The van der Waals surface area contributed by atoms with Gasteiger partial charge in [-0.3, -0.25) is 9.48 Å². The largest absolute Gasteiger partial charge is 0.490 e. The Morgan fingerprint density at radius 3 is 2.57 bits per heavy atom. The molecule has 0 aliphatic carbocycles. The molecule has 0 bridgehead atoms. The number of nitrogens with zero attached hydrogens (tertiary/aromatic N) is 3. The molecule has 0 radical (unpaired) electrons. The van der Waals surface area contributed by atoms with Gasteiger partial charge in [-0.25, -0.2) is 0 Å².